The summed E-state index contributed by atoms with van der Waals surface area (Å²) in [6.45, 7) is 5.28. The quantitative estimate of drug-likeness (QED) is 0.520. The van der Waals surface area contributed by atoms with E-state index in [1.54, 1.807) is 13.0 Å². The number of hydrogen-bond acceptors (Lipinski definition) is 3. The number of carbonyl (C=O) groups is 1. The van der Waals surface area contributed by atoms with Gasteiger partial charge in [0, 0.05) is 12.2 Å². The number of aliphatic hydroxyl groups is 1. The van der Waals surface area contributed by atoms with Gasteiger partial charge in [0.15, 0.2) is 0 Å². The van der Waals surface area contributed by atoms with Crippen LogP contribution in [-0.2, 0) is 11.2 Å². The first-order valence-corrected chi connectivity index (χ1v) is 6.12. The average Bonchev–Trinajstić information content (AvgIpc) is 2.39. The summed E-state index contributed by atoms with van der Waals surface area (Å²) in [4.78, 5) is 11.5. The zero-order chi connectivity index (χ0) is 13.8. The van der Waals surface area contributed by atoms with E-state index in [-0.39, 0.29) is 6.61 Å². The van der Waals surface area contributed by atoms with Crippen molar-refractivity contribution in [2.24, 2.45) is 0 Å². The van der Waals surface area contributed by atoms with E-state index in [1.807, 2.05) is 30.3 Å². The average molecular weight is 256 g/mol. The van der Waals surface area contributed by atoms with Crippen molar-refractivity contribution < 1.29 is 14.6 Å². The lowest BCUT2D eigenvalue weighted by atomic mass is 10.0. The van der Waals surface area contributed by atoms with E-state index in [0.717, 1.165) is 16.3 Å². The van der Waals surface area contributed by atoms with Crippen molar-refractivity contribution in [3.63, 3.8) is 0 Å². The molecule has 0 aliphatic heterocycles. The number of esters is 1. The molecule has 2 rings (SSSR count). The summed E-state index contributed by atoms with van der Waals surface area (Å²) in [5.74, 6) is 0.0764. The van der Waals surface area contributed by atoms with Gasteiger partial charge in [-0.2, -0.15) is 0 Å². The lowest BCUT2D eigenvalue weighted by molar-refractivity contribution is -0.130. The van der Waals surface area contributed by atoms with E-state index in [1.165, 1.54) is 0 Å². The Hall–Kier alpha value is -2.13. The first-order valence-electron chi connectivity index (χ1n) is 6.12. The molecule has 0 aliphatic rings. The normalized spacial score (nSPS) is 10.4. The van der Waals surface area contributed by atoms with E-state index in [9.17, 15) is 4.79 Å². The molecule has 1 N–H and O–H groups in total. The fraction of sp³-hybridized carbons (Fsp3) is 0.188. The van der Waals surface area contributed by atoms with Gasteiger partial charge in [-0.3, -0.25) is 0 Å². The van der Waals surface area contributed by atoms with Crippen LogP contribution in [0.3, 0.4) is 0 Å². The van der Waals surface area contributed by atoms with Crippen molar-refractivity contribution in [1.82, 2.24) is 0 Å². The van der Waals surface area contributed by atoms with Crippen molar-refractivity contribution in [2.75, 3.05) is 6.61 Å². The molecule has 2 aromatic rings. The third-order valence-corrected chi connectivity index (χ3v) is 2.88. The van der Waals surface area contributed by atoms with Gasteiger partial charge in [-0.1, -0.05) is 30.8 Å². The molecule has 0 bridgehead atoms. The van der Waals surface area contributed by atoms with Crippen molar-refractivity contribution in [2.45, 2.75) is 13.3 Å². The highest BCUT2D eigenvalue weighted by Gasteiger charge is 2.07. The standard InChI is InChI=1S/C16H16O3/c1-11(2)16(18)19-14-6-7-15-12(8-9-17)4-3-5-13(15)10-14/h3-7,10,17H,1,8-9H2,2H3. The van der Waals surface area contributed by atoms with E-state index < -0.39 is 5.97 Å². The van der Waals surface area contributed by atoms with Crippen LogP contribution in [0.1, 0.15) is 12.5 Å². The summed E-state index contributed by atoms with van der Waals surface area (Å²) in [6.07, 6.45) is 0.613. The fourth-order valence-electron chi connectivity index (χ4n) is 1.92. The molecule has 0 amide bonds. The van der Waals surface area contributed by atoms with Gasteiger partial charge in [-0.25, -0.2) is 4.79 Å². The van der Waals surface area contributed by atoms with Crippen molar-refractivity contribution in [1.29, 1.82) is 0 Å². The molecule has 0 saturated carbocycles. The first kappa shape index (κ1) is 13.3. The highest BCUT2D eigenvalue weighted by atomic mass is 16.5. The summed E-state index contributed by atoms with van der Waals surface area (Å²) in [5, 5.41) is 11.1. The maximum absolute atomic E-state index is 11.5. The van der Waals surface area contributed by atoms with Crippen LogP contribution in [0.5, 0.6) is 5.75 Å². The molecule has 0 aliphatic carbocycles. The van der Waals surface area contributed by atoms with Crippen LogP contribution < -0.4 is 4.74 Å². The third kappa shape index (κ3) is 3.01. The van der Waals surface area contributed by atoms with E-state index >= 15 is 0 Å². The highest BCUT2D eigenvalue weighted by Crippen LogP contribution is 2.24. The van der Waals surface area contributed by atoms with Crippen LogP contribution in [0, 0.1) is 0 Å². The Bertz CT molecular complexity index is 629. The predicted octanol–water partition coefficient (Wildman–Crippen LogP) is 2.86. The molecular weight excluding hydrogens is 240 g/mol. The van der Waals surface area contributed by atoms with Crippen LogP contribution in [0.25, 0.3) is 10.8 Å². The van der Waals surface area contributed by atoms with E-state index in [2.05, 4.69) is 6.58 Å². The minimum absolute atomic E-state index is 0.117. The monoisotopic (exact) mass is 256 g/mol. The molecule has 0 heterocycles. The number of hydrogen-bond donors (Lipinski definition) is 1. The highest BCUT2D eigenvalue weighted by molar-refractivity contribution is 5.91. The molecule has 19 heavy (non-hydrogen) atoms. The molecule has 3 heteroatoms. The smallest absolute Gasteiger partial charge is 0.338 e. The van der Waals surface area contributed by atoms with Crippen molar-refractivity contribution in [3.8, 4) is 5.75 Å². The largest absolute Gasteiger partial charge is 0.423 e. The predicted molar refractivity (Wildman–Crippen MR) is 75.2 cm³/mol. The minimum Gasteiger partial charge on any atom is -0.423 e. The van der Waals surface area contributed by atoms with Gasteiger partial charge >= 0.3 is 5.97 Å². The first-order chi connectivity index (χ1) is 9.11. The molecule has 0 unspecified atom stereocenters. The zero-order valence-electron chi connectivity index (χ0n) is 10.8. The Morgan fingerprint density at radius 3 is 2.79 bits per heavy atom. The van der Waals surface area contributed by atoms with Gasteiger partial charge in [0.25, 0.3) is 0 Å². The molecule has 0 spiro atoms. The SMILES string of the molecule is C=C(C)C(=O)Oc1ccc2c(CCO)cccc2c1. The molecule has 2 aromatic carbocycles. The molecule has 0 saturated heterocycles. The summed E-state index contributed by atoms with van der Waals surface area (Å²) in [5.41, 5.74) is 1.45. The minimum atomic E-state index is -0.425. The molecule has 0 fully saturated rings. The van der Waals surface area contributed by atoms with Gasteiger partial charge in [0.1, 0.15) is 5.75 Å². The van der Waals surface area contributed by atoms with Crippen molar-refractivity contribution >= 4 is 16.7 Å². The summed E-state index contributed by atoms with van der Waals surface area (Å²) >= 11 is 0. The number of benzene rings is 2. The summed E-state index contributed by atoms with van der Waals surface area (Å²) in [7, 11) is 0. The van der Waals surface area contributed by atoms with E-state index in [0.29, 0.717) is 17.7 Å². The Kier molecular flexibility index (Phi) is 3.97. The third-order valence-electron chi connectivity index (χ3n) is 2.88. The van der Waals surface area contributed by atoms with Gasteiger partial charge < -0.3 is 9.84 Å². The Morgan fingerprint density at radius 2 is 2.11 bits per heavy atom. The molecule has 0 atom stereocenters. The van der Waals surface area contributed by atoms with Gasteiger partial charge in [-0.15, -0.1) is 0 Å². The number of aliphatic hydroxyl groups excluding tert-OH is 1. The second-order valence-corrected chi connectivity index (χ2v) is 4.44. The van der Waals surface area contributed by atoms with Crippen LogP contribution in [0.15, 0.2) is 48.6 Å². The van der Waals surface area contributed by atoms with Gasteiger partial charge in [0.2, 0.25) is 0 Å². The van der Waals surface area contributed by atoms with Gasteiger partial charge in [0.05, 0.1) is 0 Å². The number of carbonyl (C=O) groups excluding carboxylic acids is 1. The number of ether oxygens (including phenoxy) is 1. The summed E-state index contributed by atoms with van der Waals surface area (Å²) < 4.78 is 5.20. The van der Waals surface area contributed by atoms with Crippen LogP contribution >= 0.6 is 0 Å². The topological polar surface area (TPSA) is 46.5 Å². The fourth-order valence-corrected chi connectivity index (χ4v) is 1.92. The maximum atomic E-state index is 11.5. The van der Waals surface area contributed by atoms with Gasteiger partial charge in [-0.05, 0) is 41.8 Å². The molecule has 3 nitrogen and oxygen atoms in total. The maximum Gasteiger partial charge on any atom is 0.338 e. The number of rotatable bonds is 4. The lowest BCUT2D eigenvalue weighted by Gasteiger charge is -2.08. The zero-order valence-corrected chi connectivity index (χ0v) is 10.8. The van der Waals surface area contributed by atoms with E-state index in [4.69, 9.17) is 9.84 Å². The summed E-state index contributed by atoms with van der Waals surface area (Å²) in [6, 6.07) is 11.3. The van der Waals surface area contributed by atoms with Crippen LogP contribution in [-0.4, -0.2) is 17.7 Å². The number of fused-ring (bicyclic) bond motifs is 1. The Labute approximate surface area is 112 Å². The lowest BCUT2D eigenvalue weighted by Crippen LogP contribution is -2.08. The van der Waals surface area contributed by atoms with Crippen molar-refractivity contribution in [3.05, 3.63) is 54.1 Å². The van der Waals surface area contributed by atoms with Crippen LogP contribution in [0.2, 0.25) is 0 Å². The Balaban J connectivity index is 2.36. The molecule has 0 radical (unpaired) electrons. The molecule has 98 valence electrons. The molecule has 0 aromatic heterocycles. The second-order valence-electron chi connectivity index (χ2n) is 4.44. The van der Waals surface area contributed by atoms with Crippen LogP contribution in [0.4, 0.5) is 0 Å². The Morgan fingerprint density at radius 1 is 1.32 bits per heavy atom. The second kappa shape index (κ2) is 5.67. The molecular formula is C16H16O3.